The van der Waals surface area contributed by atoms with E-state index in [-0.39, 0.29) is 18.0 Å². The lowest BCUT2D eigenvalue weighted by molar-refractivity contribution is -0.154. The second kappa shape index (κ2) is 6.01. The highest BCUT2D eigenvalue weighted by molar-refractivity contribution is 5.81. The molecule has 1 fully saturated rings. The van der Waals surface area contributed by atoms with Crippen LogP contribution in [0.2, 0.25) is 0 Å². The van der Waals surface area contributed by atoms with E-state index >= 15 is 0 Å². The smallest absolute Gasteiger partial charge is 0.252 e. The van der Waals surface area contributed by atoms with Crippen LogP contribution >= 0.6 is 0 Å². The standard InChI is InChI=1S/C12H21NO3/c1-5-6-16-11(4)12(14)13-9(2)7-15-8-10(13)3/h5,9-11H,1,6-8H2,2-4H3/t9-,10-,11+/m0/s1. The lowest BCUT2D eigenvalue weighted by Crippen LogP contribution is -2.55. The first-order valence-corrected chi connectivity index (χ1v) is 5.70. The molecule has 0 aliphatic carbocycles. The highest BCUT2D eigenvalue weighted by Crippen LogP contribution is 2.15. The van der Waals surface area contributed by atoms with Crippen LogP contribution < -0.4 is 0 Å². The van der Waals surface area contributed by atoms with E-state index in [9.17, 15) is 4.79 Å². The molecule has 1 aliphatic rings. The van der Waals surface area contributed by atoms with E-state index < -0.39 is 6.10 Å². The molecule has 0 aromatic carbocycles. The van der Waals surface area contributed by atoms with Gasteiger partial charge in [-0.3, -0.25) is 4.79 Å². The summed E-state index contributed by atoms with van der Waals surface area (Å²) in [4.78, 5) is 14.0. The maximum atomic E-state index is 12.1. The van der Waals surface area contributed by atoms with Gasteiger partial charge in [-0.25, -0.2) is 0 Å². The van der Waals surface area contributed by atoms with Gasteiger partial charge in [-0.1, -0.05) is 6.08 Å². The largest absolute Gasteiger partial charge is 0.377 e. The normalized spacial score (nSPS) is 27.6. The van der Waals surface area contributed by atoms with Gasteiger partial charge in [-0.15, -0.1) is 6.58 Å². The third kappa shape index (κ3) is 3.06. The van der Waals surface area contributed by atoms with Crippen LogP contribution in [0.15, 0.2) is 12.7 Å². The summed E-state index contributed by atoms with van der Waals surface area (Å²) in [6.07, 6.45) is 1.23. The first-order chi connectivity index (χ1) is 7.57. The SMILES string of the molecule is C=CCO[C@H](C)C(=O)N1[C@@H](C)COC[C@@H]1C. The highest BCUT2D eigenvalue weighted by atomic mass is 16.5. The summed E-state index contributed by atoms with van der Waals surface area (Å²) in [5.41, 5.74) is 0. The first kappa shape index (κ1) is 13.2. The number of rotatable bonds is 4. The van der Waals surface area contributed by atoms with Gasteiger partial charge in [0.05, 0.1) is 31.9 Å². The van der Waals surface area contributed by atoms with E-state index in [0.29, 0.717) is 19.8 Å². The average Bonchev–Trinajstić information content (AvgIpc) is 2.25. The van der Waals surface area contributed by atoms with Crippen molar-refractivity contribution in [2.75, 3.05) is 19.8 Å². The van der Waals surface area contributed by atoms with E-state index in [0.717, 1.165) is 0 Å². The van der Waals surface area contributed by atoms with Crippen LogP contribution in [0, 0.1) is 0 Å². The summed E-state index contributed by atoms with van der Waals surface area (Å²) in [7, 11) is 0. The number of hydrogen-bond acceptors (Lipinski definition) is 3. The topological polar surface area (TPSA) is 38.8 Å². The van der Waals surface area contributed by atoms with Crippen molar-refractivity contribution >= 4 is 5.91 Å². The quantitative estimate of drug-likeness (QED) is 0.678. The minimum Gasteiger partial charge on any atom is -0.377 e. The molecule has 16 heavy (non-hydrogen) atoms. The third-order valence-corrected chi connectivity index (χ3v) is 2.73. The van der Waals surface area contributed by atoms with Crippen LogP contribution in [0.25, 0.3) is 0 Å². The Hall–Kier alpha value is -0.870. The monoisotopic (exact) mass is 227 g/mol. The molecular formula is C12H21NO3. The second-order valence-corrected chi connectivity index (χ2v) is 4.25. The number of hydrogen-bond donors (Lipinski definition) is 0. The van der Waals surface area contributed by atoms with Gasteiger partial charge in [-0.2, -0.15) is 0 Å². The Morgan fingerprint density at radius 3 is 2.62 bits per heavy atom. The van der Waals surface area contributed by atoms with Crippen molar-refractivity contribution < 1.29 is 14.3 Å². The number of morpholine rings is 1. The molecule has 0 aromatic heterocycles. The van der Waals surface area contributed by atoms with Gasteiger partial charge in [0.2, 0.25) is 0 Å². The summed E-state index contributed by atoms with van der Waals surface area (Å²) < 4.78 is 10.7. The van der Waals surface area contributed by atoms with Crippen LogP contribution in [-0.4, -0.2) is 48.8 Å². The van der Waals surface area contributed by atoms with Gasteiger partial charge in [0, 0.05) is 0 Å². The zero-order chi connectivity index (χ0) is 12.1. The van der Waals surface area contributed by atoms with Gasteiger partial charge in [0.15, 0.2) is 0 Å². The Kier molecular flexibility index (Phi) is 4.96. The van der Waals surface area contributed by atoms with Gasteiger partial charge < -0.3 is 14.4 Å². The van der Waals surface area contributed by atoms with Crippen molar-refractivity contribution in [3.8, 4) is 0 Å². The molecule has 1 rings (SSSR count). The molecule has 92 valence electrons. The van der Waals surface area contributed by atoms with Crippen molar-refractivity contribution in [2.45, 2.75) is 39.0 Å². The number of nitrogens with zero attached hydrogens (tertiary/aromatic N) is 1. The molecule has 4 nitrogen and oxygen atoms in total. The van der Waals surface area contributed by atoms with Crippen molar-refractivity contribution in [3.63, 3.8) is 0 Å². The Morgan fingerprint density at radius 1 is 1.56 bits per heavy atom. The second-order valence-electron chi connectivity index (χ2n) is 4.25. The summed E-state index contributed by atoms with van der Waals surface area (Å²) in [6, 6.07) is 0.233. The molecule has 0 saturated carbocycles. The fourth-order valence-corrected chi connectivity index (χ4v) is 1.93. The van der Waals surface area contributed by atoms with Gasteiger partial charge in [0.1, 0.15) is 6.10 Å². The molecule has 0 unspecified atom stereocenters. The molecular weight excluding hydrogens is 206 g/mol. The molecule has 0 N–H and O–H groups in total. The maximum absolute atomic E-state index is 12.1. The lowest BCUT2D eigenvalue weighted by atomic mass is 10.1. The minimum absolute atomic E-state index is 0.0325. The number of amides is 1. The molecule has 1 saturated heterocycles. The summed E-state index contributed by atoms with van der Waals surface area (Å²) in [5, 5.41) is 0. The zero-order valence-electron chi connectivity index (χ0n) is 10.3. The highest BCUT2D eigenvalue weighted by Gasteiger charge is 2.32. The van der Waals surface area contributed by atoms with Crippen LogP contribution in [0.5, 0.6) is 0 Å². The molecule has 4 heteroatoms. The fourth-order valence-electron chi connectivity index (χ4n) is 1.93. The maximum Gasteiger partial charge on any atom is 0.252 e. The predicted octanol–water partition coefficient (Wildman–Crippen LogP) is 1.21. The van der Waals surface area contributed by atoms with E-state index in [1.165, 1.54) is 0 Å². The number of carbonyl (C=O) groups is 1. The molecule has 0 bridgehead atoms. The molecule has 0 radical (unpaired) electrons. The van der Waals surface area contributed by atoms with Crippen molar-refractivity contribution in [3.05, 3.63) is 12.7 Å². The van der Waals surface area contributed by atoms with Gasteiger partial charge in [0.25, 0.3) is 5.91 Å². The molecule has 0 aromatic rings. The van der Waals surface area contributed by atoms with Crippen molar-refractivity contribution in [1.29, 1.82) is 0 Å². The Balaban J connectivity index is 2.59. The third-order valence-electron chi connectivity index (χ3n) is 2.73. The van der Waals surface area contributed by atoms with E-state index in [4.69, 9.17) is 9.47 Å². The van der Waals surface area contributed by atoms with Crippen LogP contribution in [-0.2, 0) is 14.3 Å². The van der Waals surface area contributed by atoms with Crippen LogP contribution in [0.1, 0.15) is 20.8 Å². The summed E-state index contributed by atoms with van der Waals surface area (Å²) in [5.74, 6) is 0.0325. The molecule has 3 atom stereocenters. The number of carbonyl (C=O) groups excluding carboxylic acids is 1. The van der Waals surface area contributed by atoms with Crippen molar-refractivity contribution in [1.82, 2.24) is 4.90 Å². The average molecular weight is 227 g/mol. The Labute approximate surface area is 97.2 Å². The fraction of sp³-hybridized carbons (Fsp3) is 0.750. The Morgan fingerprint density at radius 2 is 2.12 bits per heavy atom. The van der Waals surface area contributed by atoms with Crippen LogP contribution in [0.4, 0.5) is 0 Å². The van der Waals surface area contributed by atoms with E-state index in [2.05, 4.69) is 6.58 Å². The summed E-state index contributed by atoms with van der Waals surface area (Å²) >= 11 is 0. The summed E-state index contributed by atoms with van der Waals surface area (Å²) in [6.45, 7) is 10.9. The van der Waals surface area contributed by atoms with Gasteiger partial charge >= 0.3 is 0 Å². The van der Waals surface area contributed by atoms with Crippen LogP contribution in [0.3, 0.4) is 0 Å². The first-order valence-electron chi connectivity index (χ1n) is 5.70. The Bertz CT molecular complexity index is 245. The van der Waals surface area contributed by atoms with E-state index in [1.807, 2.05) is 18.7 Å². The number of ether oxygens (including phenoxy) is 2. The molecule has 1 heterocycles. The molecule has 1 amide bonds. The zero-order valence-corrected chi connectivity index (χ0v) is 10.3. The van der Waals surface area contributed by atoms with Gasteiger partial charge in [-0.05, 0) is 20.8 Å². The van der Waals surface area contributed by atoms with Crippen molar-refractivity contribution in [2.24, 2.45) is 0 Å². The molecule has 0 spiro atoms. The predicted molar refractivity (Wildman–Crippen MR) is 62.2 cm³/mol. The molecule has 1 aliphatic heterocycles. The lowest BCUT2D eigenvalue weighted by Gasteiger charge is -2.40. The van der Waals surface area contributed by atoms with E-state index in [1.54, 1.807) is 13.0 Å². The minimum atomic E-state index is -0.416.